The second-order valence-electron chi connectivity index (χ2n) is 2.68. The fraction of sp³-hybridized carbons (Fsp3) is 1.00. The highest BCUT2D eigenvalue weighted by Gasteiger charge is 2.41. The van der Waals surface area contributed by atoms with Gasteiger partial charge in [-0.1, -0.05) is 13.3 Å². The molecule has 0 aromatic rings. The van der Waals surface area contributed by atoms with Crippen LogP contribution in [0.1, 0.15) is 19.8 Å². The molecule has 6 heteroatoms. The highest BCUT2D eigenvalue weighted by Crippen LogP contribution is 2.24. The molecule has 86 valence electrons. The number of hydrogen-bond acceptors (Lipinski definition) is 2. The first-order valence-corrected chi connectivity index (χ1v) is 5.54. The van der Waals surface area contributed by atoms with Gasteiger partial charge in [0.05, 0.1) is 6.61 Å². The van der Waals surface area contributed by atoms with E-state index in [1.807, 2.05) is 6.92 Å². The number of hydrogen-bond donors (Lipinski definition) is 0. The Morgan fingerprint density at radius 1 is 1.29 bits per heavy atom. The fourth-order valence-electron chi connectivity index (χ4n) is 0.648. The van der Waals surface area contributed by atoms with E-state index in [2.05, 4.69) is 4.74 Å². The number of halogens is 4. The molecule has 0 aliphatic carbocycles. The molecule has 0 unspecified atom stereocenters. The van der Waals surface area contributed by atoms with Crippen molar-refractivity contribution < 1.29 is 22.3 Å². The molecular weight excluding hydrogens is 220 g/mol. The van der Waals surface area contributed by atoms with Crippen molar-refractivity contribution in [1.29, 1.82) is 0 Å². The third-order valence-corrected chi connectivity index (χ3v) is 2.45. The van der Waals surface area contributed by atoms with Crippen LogP contribution in [0, 0.1) is 0 Å². The van der Waals surface area contributed by atoms with Crippen LogP contribution < -0.4 is 0 Å². The average Bonchev–Trinajstić information content (AvgIpc) is 2.10. The highest BCUT2D eigenvalue weighted by molar-refractivity contribution is 7.99. The van der Waals surface area contributed by atoms with Crippen LogP contribution in [-0.2, 0) is 4.74 Å². The zero-order chi connectivity index (χ0) is 11.0. The van der Waals surface area contributed by atoms with Crippen LogP contribution in [0.4, 0.5) is 17.6 Å². The molecule has 0 saturated carbocycles. The van der Waals surface area contributed by atoms with Gasteiger partial charge in [-0.25, -0.2) is 8.78 Å². The summed E-state index contributed by atoms with van der Waals surface area (Å²) in [5.41, 5.74) is 0. The lowest BCUT2D eigenvalue weighted by atomic mass is 10.4. The largest absolute Gasteiger partial charge is 0.416 e. The Labute approximate surface area is 85.2 Å². The first-order valence-electron chi connectivity index (χ1n) is 4.38. The van der Waals surface area contributed by atoms with Crippen molar-refractivity contribution in [3.05, 3.63) is 0 Å². The quantitative estimate of drug-likeness (QED) is 0.470. The third kappa shape index (κ3) is 6.48. The molecule has 14 heavy (non-hydrogen) atoms. The van der Waals surface area contributed by atoms with Gasteiger partial charge < -0.3 is 4.74 Å². The van der Waals surface area contributed by atoms with Crippen molar-refractivity contribution >= 4 is 11.8 Å². The van der Waals surface area contributed by atoms with Crippen molar-refractivity contribution in [2.45, 2.75) is 32.3 Å². The van der Waals surface area contributed by atoms with Gasteiger partial charge in [0.2, 0.25) is 0 Å². The maximum Gasteiger partial charge on any atom is 0.416 e. The first kappa shape index (κ1) is 14.0. The first-order chi connectivity index (χ1) is 6.50. The number of rotatable bonds is 8. The van der Waals surface area contributed by atoms with Gasteiger partial charge in [-0.05, 0) is 12.2 Å². The zero-order valence-electron chi connectivity index (χ0n) is 7.94. The standard InChI is InChI=1S/C8H14F4OS/c1-2-3-5-14-6-4-13-8(11,12)7(9)10/h7H,2-6H2,1H3. The molecule has 0 rings (SSSR count). The van der Waals surface area contributed by atoms with Crippen LogP contribution in [0.25, 0.3) is 0 Å². The van der Waals surface area contributed by atoms with E-state index in [0.29, 0.717) is 5.75 Å². The zero-order valence-corrected chi connectivity index (χ0v) is 8.76. The summed E-state index contributed by atoms with van der Waals surface area (Å²) in [4.78, 5) is 0. The summed E-state index contributed by atoms with van der Waals surface area (Å²) in [5, 5.41) is 0. The molecule has 0 aromatic heterocycles. The van der Waals surface area contributed by atoms with Crippen LogP contribution in [0.3, 0.4) is 0 Å². The van der Waals surface area contributed by atoms with Gasteiger partial charge in [0, 0.05) is 5.75 Å². The van der Waals surface area contributed by atoms with Gasteiger partial charge in [-0.15, -0.1) is 0 Å². The summed E-state index contributed by atoms with van der Waals surface area (Å²) in [6, 6.07) is 0. The minimum Gasteiger partial charge on any atom is -0.315 e. The normalized spacial score (nSPS) is 12.4. The molecule has 0 radical (unpaired) electrons. The molecule has 1 nitrogen and oxygen atoms in total. The van der Waals surface area contributed by atoms with Gasteiger partial charge >= 0.3 is 12.5 Å². The van der Waals surface area contributed by atoms with Crippen molar-refractivity contribution in [1.82, 2.24) is 0 Å². The SMILES string of the molecule is CCCCSCCOC(F)(F)C(F)F. The molecule has 0 atom stereocenters. The number of ether oxygens (including phenoxy) is 1. The average molecular weight is 234 g/mol. The molecule has 0 N–H and O–H groups in total. The maximum atomic E-state index is 12.1. The fourth-order valence-corrected chi connectivity index (χ4v) is 1.55. The lowest BCUT2D eigenvalue weighted by molar-refractivity contribution is -0.297. The van der Waals surface area contributed by atoms with Crippen LogP contribution in [0.15, 0.2) is 0 Å². The Balaban J connectivity index is 3.35. The van der Waals surface area contributed by atoms with E-state index in [4.69, 9.17) is 0 Å². The second-order valence-corrected chi connectivity index (χ2v) is 3.90. The van der Waals surface area contributed by atoms with E-state index < -0.39 is 12.5 Å². The van der Waals surface area contributed by atoms with Gasteiger partial charge in [-0.2, -0.15) is 20.5 Å². The van der Waals surface area contributed by atoms with E-state index in [-0.39, 0.29) is 6.61 Å². The molecule has 0 amide bonds. The monoisotopic (exact) mass is 234 g/mol. The van der Waals surface area contributed by atoms with E-state index in [1.54, 1.807) is 0 Å². The third-order valence-electron chi connectivity index (χ3n) is 1.42. The summed E-state index contributed by atoms with van der Waals surface area (Å²) >= 11 is 1.43. The molecule has 0 spiro atoms. The number of thioether (sulfide) groups is 1. The summed E-state index contributed by atoms with van der Waals surface area (Å²) in [7, 11) is 0. The number of unbranched alkanes of at least 4 members (excludes halogenated alkanes) is 1. The lowest BCUT2D eigenvalue weighted by Gasteiger charge is -2.15. The minimum absolute atomic E-state index is 0.322. The Morgan fingerprint density at radius 3 is 2.43 bits per heavy atom. The summed E-state index contributed by atoms with van der Waals surface area (Å²) in [6.07, 6.45) is -6.02. The van der Waals surface area contributed by atoms with Gasteiger partial charge in [0.15, 0.2) is 0 Å². The highest BCUT2D eigenvalue weighted by atomic mass is 32.2. The van der Waals surface area contributed by atoms with E-state index in [1.165, 1.54) is 11.8 Å². The lowest BCUT2D eigenvalue weighted by Crippen LogP contribution is -2.30. The Morgan fingerprint density at radius 2 is 1.93 bits per heavy atom. The molecular formula is C8H14F4OS. The summed E-state index contributed by atoms with van der Waals surface area (Å²) < 4.78 is 51.2. The van der Waals surface area contributed by atoms with E-state index in [9.17, 15) is 17.6 Å². The Bertz CT molecular complexity index is 143. The van der Waals surface area contributed by atoms with Crippen LogP contribution in [0.2, 0.25) is 0 Å². The van der Waals surface area contributed by atoms with Crippen molar-refractivity contribution in [3.63, 3.8) is 0 Å². The predicted molar refractivity (Wildman–Crippen MR) is 49.1 cm³/mol. The molecule has 0 aromatic carbocycles. The minimum atomic E-state index is -4.30. The smallest absolute Gasteiger partial charge is 0.315 e. The molecule has 0 aliphatic heterocycles. The maximum absolute atomic E-state index is 12.1. The summed E-state index contributed by atoms with van der Waals surface area (Å²) in [5.74, 6) is 1.17. The Hall–Kier alpha value is 0.0300. The molecule has 0 aliphatic rings. The van der Waals surface area contributed by atoms with Crippen molar-refractivity contribution in [3.8, 4) is 0 Å². The predicted octanol–water partition coefficient (Wildman–Crippen LogP) is 3.39. The van der Waals surface area contributed by atoms with Gasteiger partial charge in [0.25, 0.3) is 0 Å². The second kappa shape index (κ2) is 7.34. The number of alkyl halides is 4. The van der Waals surface area contributed by atoms with Crippen LogP contribution in [-0.4, -0.2) is 30.6 Å². The molecule has 0 saturated heterocycles. The Kier molecular flexibility index (Phi) is 7.35. The topological polar surface area (TPSA) is 9.23 Å². The van der Waals surface area contributed by atoms with E-state index >= 15 is 0 Å². The van der Waals surface area contributed by atoms with Crippen molar-refractivity contribution in [2.75, 3.05) is 18.1 Å². The molecule has 0 bridgehead atoms. The van der Waals surface area contributed by atoms with Crippen molar-refractivity contribution in [2.24, 2.45) is 0 Å². The van der Waals surface area contributed by atoms with E-state index in [0.717, 1.165) is 18.6 Å². The molecule has 0 heterocycles. The van der Waals surface area contributed by atoms with Crippen LogP contribution >= 0.6 is 11.8 Å². The molecule has 0 fully saturated rings. The van der Waals surface area contributed by atoms with Crippen LogP contribution in [0.5, 0.6) is 0 Å². The van der Waals surface area contributed by atoms with Gasteiger partial charge in [0.1, 0.15) is 0 Å². The van der Waals surface area contributed by atoms with Gasteiger partial charge in [-0.3, -0.25) is 0 Å². The summed E-state index contributed by atoms with van der Waals surface area (Å²) in [6.45, 7) is 1.67.